The van der Waals surface area contributed by atoms with Crippen molar-refractivity contribution < 1.29 is 8.42 Å². The van der Waals surface area contributed by atoms with Gasteiger partial charge in [-0.2, -0.15) is 11.8 Å². The van der Waals surface area contributed by atoms with E-state index in [0.29, 0.717) is 12.3 Å². The van der Waals surface area contributed by atoms with Crippen LogP contribution in [0.5, 0.6) is 0 Å². The molecule has 0 fully saturated rings. The lowest BCUT2D eigenvalue weighted by molar-refractivity contribution is 0.584. The molecular weight excluding hydrogens is 336 g/mol. The van der Waals surface area contributed by atoms with Crippen molar-refractivity contribution in [2.75, 3.05) is 23.8 Å². The van der Waals surface area contributed by atoms with Gasteiger partial charge >= 0.3 is 0 Å². The molecule has 0 bridgehead atoms. The Balaban J connectivity index is 2.65. The molecule has 0 aliphatic carbocycles. The second-order valence-corrected chi connectivity index (χ2v) is 7.24. The third kappa shape index (κ3) is 4.64. The molecule has 0 amide bonds. The number of hydrogen-bond donors (Lipinski definition) is 2. The normalized spacial score (nSPS) is 11.4. The highest BCUT2D eigenvalue weighted by molar-refractivity contribution is 9.10. The van der Waals surface area contributed by atoms with Gasteiger partial charge in [0.05, 0.1) is 5.69 Å². The molecule has 0 radical (unpaired) electrons. The lowest BCUT2D eigenvalue weighted by Gasteiger charge is -2.09. The van der Waals surface area contributed by atoms with Crippen LogP contribution in [0.3, 0.4) is 0 Å². The molecule has 0 aliphatic rings. The minimum absolute atomic E-state index is 0.111. The van der Waals surface area contributed by atoms with Crippen LogP contribution >= 0.6 is 27.7 Å². The molecule has 7 heteroatoms. The number of sulfonamides is 1. The molecule has 0 aliphatic heterocycles. The molecule has 4 nitrogen and oxygen atoms in total. The van der Waals surface area contributed by atoms with Crippen molar-refractivity contribution in [3.8, 4) is 0 Å². The molecule has 0 atom stereocenters. The molecule has 1 rings (SSSR count). The van der Waals surface area contributed by atoms with Crippen LogP contribution in [-0.4, -0.2) is 26.5 Å². The molecule has 0 aromatic heterocycles. The van der Waals surface area contributed by atoms with Gasteiger partial charge in [0.15, 0.2) is 0 Å². The van der Waals surface area contributed by atoms with Crippen LogP contribution in [-0.2, 0) is 10.0 Å². The maximum absolute atomic E-state index is 12.0. The number of nitrogens with one attached hydrogen (secondary N) is 1. The van der Waals surface area contributed by atoms with Crippen LogP contribution in [0.1, 0.15) is 0 Å². The number of anilines is 1. The Morgan fingerprint density at radius 1 is 1.50 bits per heavy atom. The molecular formula is C11H15BrN2O2S2. The Morgan fingerprint density at radius 2 is 2.22 bits per heavy atom. The second-order valence-electron chi connectivity index (χ2n) is 3.44. The topological polar surface area (TPSA) is 72.2 Å². The molecule has 0 heterocycles. The van der Waals surface area contributed by atoms with Gasteiger partial charge in [-0.25, -0.2) is 13.1 Å². The SMILES string of the molecule is C=CCSCCNS(=O)(=O)c1ccc(Br)cc1N. The van der Waals surface area contributed by atoms with Gasteiger partial charge in [0.2, 0.25) is 10.0 Å². The number of rotatable bonds is 7. The summed E-state index contributed by atoms with van der Waals surface area (Å²) in [7, 11) is -3.53. The molecule has 0 unspecified atom stereocenters. The van der Waals surface area contributed by atoms with Gasteiger partial charge < -0.3 is 5.73 Å². The molecule has 1 aromatic carbocycles. The van der Waals surface area contributed by atoms with Crippen molar-refractivity contribution in [1.29, 1.82) is 0 Å². The molecule has 100 valence electrons. The van der Waals surface area contributed by atoms with E-state index in [1.54, 1.807) is 30.0 Å². The average molecular weight is 351 g/mol. The predicted molar refractivity (Wildman–Crippen MR) is 81.3 cm³/mol. The van der Waals surface area contributed by atoms with Crippen molar-refractivity contribution in [3.05, 3.63) is 35.3 Å². The van der Waals surface area contributed by atoms with Crippen LogP contribution < -0.4 is 10.5 Å². The molecule has 18 heavy (non-hydrogen) atoms. The van der Waals surface area contributed by atoms with E-state index in [9.17, 15) is 8.42 Å². The number of benzene rings is 1. The fourth-order valence-corrected chi connectivity index (χ4v) is 3.49. The summed E-state index contributed by atoms with van der Waals surface area (Å²) < 4.78 is 27.2. The second kappa shape index (κ2) is 7.18. The minimum atomic E-state index is -3.53. The maximum atomic E-state index is 12.0. The van der Waals surface area contributed by atoms with Gasteiger partial charge in [0.1, 0.15) is 4.90 Å². The fraction of sp³-hybridized carbons (Fsp3) is 0.273. The van der Waals surface area contributed by atoms with Gasteiger partial charge in [0, 0.05) is 22.5 Å². The monoisotopic (exact) mass is 350 g/mol. The third-order valence-electron chi connectivity index (χ3n) is 2.04. The number of nitrogen functional groups attached to an aromatic ring is 1. The first-order valence-corrected chi connectivity index (χ1v) is 8.64. The largest absolute Gasteiger partial charge is 0.398 e. The molecule has 0 spiro atoms. The Morgan fingerprint density at radius 3 is 2.83 bits per heavy atom. The zero-order chi connectivity index (χ0) is 13.6. The summed E-state index contributed by atoms with van der Waals surface area (Å²) >= 11 is 4.85. The Labute approximate surface area is 120 Å². The quantitative estimate of drug-likeness (QED) is 0.449. The van der Waals surface area contributed by atoms with Crippen LogP contribution in [0.15, 0.2) is 40.2 Å². The number of thioether (sulfide) groups is 1. The van der Waals surface area contributed by atoms with E-state index in [2.05, 4.69) is 27.2 Å². The highest BCUT2D eigenvalue weighted by Gasteiger charge is 2.16. The highest BCUT2D eigenvalue weighted by Crippen LogP contribution is 2.22. The number of halogens is 1. The van der Waals surface area contributed by atoms with E-state index in [0.717, 1.165) is 10.2 Å². The van der Waals surface area contributed by atoms with Crippen LogP contribution in [0.25, 0.3) is 0 Å². The van der Waals surface area contributed by atoms with Crippen molar-refractivity contribution in [3.63, 3.8) is 0 Å². The first-order chi connectivity index (χ1) is 8.47. The van der Waals surface area contributed by atoms with E-state index >= 15 is 0 Å². The summed E-state index contributed by atoms with van der Waals surface area (Å²) in [5, 5.41) is 0. The standard InChI is InChI=1S/C11H15BrN2O2S2/c1-2-6-17-7-5-14-18(15,16)11-4-3-9(12)8-10(11)13/h2-4,8,14H,1,5-7,13H2. The number of nitrogens with two attached hydrogens (primary N) is 1. The smallest absolute Gasteiger partial charge is 0.242 e. The van der Waals surface area contributed by atoms with Crippen LogP contribution in [0, 0.1) is 0 Å². The summed E-state index contributed by atoms with van der Waals surface area (Å²) in [5.41, 5.74) is 5.92. The van der Waals surface area contributed by atoms with Crippen molar-refractivity contribution >= 4 is 43.4 Å². The molecule has 3 N–H and O–H groups in total. The van der Waals surface area contributed by atoms with E-state index in [1.165, 1.54) is 6.07 Å². The van der Waals surface area contributed by atoms with Crippen molar-refractivity contribution in [1.82, 2.24) is 4.72 Å². The average Bonchev–Trinajstić information content (AvgIpc) is 2.28. The van der Waals surface area contributed by atoms with Gasteiger partial charge in [0.25, 0.3) is 0 Å². The van der Waals surface area contributed by atoms with Gasteiger partial charge in [-0.3, -0.25) is 0 Å². The lowest BCUT2D eigenvalue weighted by Crippen LogP contribution is -2.26. The van der Waals surface area contributed by atoms with E-state index in [4.69, 9.17) is 5.73 Å². The molecule has 0 saturated carbocycles. The Hall–Kier alpha value is -0.500. The van der Waals surface area contributed by atoms with Gasteiger partial charge in [-0.05, 0) is 18.2 Å². The van der Waals surface area contributed by atoms with Gasteiger partial charge in [-0.15, -0.1) is 6.58 Å². The van der Waals surface area contributed by atoms with Crippen LogP contribution in [0.2, 0.25) is 0 Å². The molecule has 1 aromatic rings. The summed E-state index contributed by atoms with van der Waals surface area (Å²) in [6.07, 6.45) is 1.78. The van der Waals surface area contributed by atoms with E-state index < -0.39 is 10.0 Å². The third-order valence-corrected chi connectivity index (χ3v) is 5.03. The summed E-state index contributed by atoms with van der Waals surface area (Å²) in [4.78, 5) is 0.111. The highest BCUT2D eigenvalue weighted by atomic mass is 79.9. The fourth-order valence-electron chi connectivity index (χ4n) is 1.26. The van der Waals surface area contributed by atoms with Crippen LogP contribution in [0.4, 0.5) is 5.69 Å². The summed E-state index contributed by atoms with van der Waals surface area (Å²) in [5.74, 6) is 1.50. The zero-order valence-corrected chi connectivity index (χ0v) is 12.9. The Kier molecular flexibility index (Phi) is 6.20. The summed E-state index contributed by atoms with van der Waals surface area (Å²) in [6.45, 7) is 3.97. The van der Waals surface area contributed by atoms with Gasteiger partial charge in [-0.1, -0.05) is 22.0 Å². The Bertz CT molecular complexity index is 518. The first kappa shape index (κ1) is 15.6. The molecule has 0 saturated heterocycles. The lowest BCUT2D eigenvalue weighted by atomic mass is 10.3. The first-order valence-electron chi connectivity index (χ1n) is 5.20. The van der Waals surface area contributed by atoms with E-state index in [1.807, 2.05) is 0 Å². The maximum Gasteiger partial charge on any atom is 0.242 e. The predicted octanol–water partition coefficient (Wildman–Crippen LogP) is 2.23. The van der Waals surface area contributed by atoms with E-state index in [-0.39, 0.29) is 10.6 Å². The zero-order valence-electron chi connectivity index (χ0n) is 9.73. The minimum Gasteiger partial charge on any atom is -0.398 e. The summed E-state index contributed by atoms with van der Waals surface area (Å²) in [6, 6.07) is 4.71. The number of hydrogen-bond acceptors (Lipinski definition) is 4. The van der Waals surface area contributed by atoms with Crippen molar-refractivity contribution in [2.24, 2.45) is 0 Å². The van der Waals surface area contributed by atoms with Crippen molar-refractivity contribution in [2.45, 2.75) is 4.90 Å².